The molecule has 0 saturated carbocycles. The Bertz CT molecular complexity index is 674. The lowest BCUT2D eigenvalue weighted by molar-refractivity contribution is -0.127. The van der Waals surface area contributed by atoms with Crippen molar-refractivity contribution in [3.8, 4) is 0 Å². The van der Waals surface area contributed by atoms with E-state index in [-0.39, 0.29) is 42.5 Å². The van der Waals surface area contributed by atoms with Gasteiger partial charge in [-0.05, 0) is 30.4 Å². The van der Waals surface area contributed by atoms with E-state index in [0.29, 0.717) is 5.96 Å². The molecule has 1 aromatic heterocycles. The summed E-state index contributed by atoms with van der Waals surface area (Å²) in [4.78, 5) is 19.1. The molecule has 0 radical (unpaired) electrons. The van der Waals surface area contributed by atoms with Gasteiger partial charge in [-0.3, -0.25) is 4.79 Å². The van der Waals surface area contributed by atoms with E-state index >= 15 is 0 Å². The minimum absolute atomic E-state index is 0. The maximum atomic E-state index is 11.8. The van der Waals surface area contributed by atoms with Gasteiger partial charge in [0.05, 0.1) is 6.04 Å². The van der Waals surface area contributed by atoms with E-state index in [1.807, 2.05) is 18.2 Å². The van der Waals surface area contributed by atoms with Crippen molar-refractivity contribution in [3.05, 3.63) is 58.3 Å². The van der Waals surface area contributed by atoms with Crippen molar-refractivity contribution in [1.29, 1.82) is 0 Å². The second-order valence-corrected chi connectivity index (χ2v) is 7.02. The van der Waals surface area contributed by atoms with Crippen LogP contribution in [0.5, 0.6) is 0 Å². The molecule has 0 aliphatic carbocycles. The monoisotopic (exact) mass is 486 g/mol. The minimum atomic E-state index is -0.0216. The number of rotatable bonds is 7. The van der Waals surface area contributed by atoms with Crippen LogP contribution in [0.3, 0.4) is 0 Å². The lowest BCUT2D eigenvalue weighted by Gasteiger charge is -2.19. The number of halogens is 1. The predicted octanol–water partition coefficient (Wildman–Crippen LogP) is 3.29. The molecule has 1 atom stereocenters. The van der Waals surface area contributed by atoms with Gasteiger partial charge in [0, 0.05) is 25.5 Å². The fourth-order valence-corrected chi connectivity index (χ4v) is 2.94. The number of carbonyl (C=O) groups is 1. The molecule has 7 heteroatoms. The first kappa shape index (κ1) is 22.4. The number of hydrogen-bond acceptors (Lipinski definition) is 3. The van der Waals surface area contributed by atoms with Crippen LogP contribution < -0.4 is 10.6 Å². The first-order valence-electron chi connectivity index (χ1n) is 8.38. The highest BCUT2D eigenvalue weighted by molar-refractivity contribution is 14.0. The summed E-state index contributed by atoms with van der Waals surface area (Å²) in [6.45, 7) is 2.98. The summed E-state index contributed by atoms with van der Waals surface area (Å²) in [7, 11) is 3.48. The number of aliphatic imine (C=N–C) groups is 1. The molecule has 2 rings (SSSR count). The third kappa shape index (κ3) is 7.74. The number of nitrogens with zero attached hydrogens (tertiary/aromatic N) is 2. The topological polar surface area (TPSA) is 56.7 Å². The van der Waals surface area contributed by atoms with Gasteiger partial charge >= 0.3 is 0 Å². The van der Waals surface area contributed by atoms with Gasteiger partial charge in [-0.2, -0.15) is 0 Å². The first-order valence-corrected chi connectivity index (χ1v) is 9.26. The highest BCUT2D eigenvalue weighted by Gasteiger charge is 2.09. The zero-order chi connectivity index (χ0) is 18.1. The number of likely N-dealkylation sites (N-methyl/N-ethyl adjacent to an activating group) is 1. The van der Waals surface area contributed by atoms with Crippen molar-refractivity contribution >= 4 is 47.2 Å². The molecule has 0 bridgehead atoms. The van der Waals surface area contributed by atoms with E-state index in [0.717, 1.165) is 13.0 Å². The van der Waals surface area contributed by atoms with Crippen molar-refractivity contribution in [2.45, 2.75) is 19.4 Å². The highest BCUT2D eigenvalue weighted by atomic mass is 127. The number of amides is 1. The Morgan fingerprint density at radius 3 is 2.54 bits per heavy atom. The molecule has 26 heavy (non-hydrogen) atoms. The van der Waals surface area contributed by atoms with Crippen LogP contribution in [0.2, 0.25) is 0 Å². The number of hydrogen-bond donors (Lipinski definition) is 2. The van der Waals surface area contributed by atoms with Crippen LogP contribution in [0.15, 0.2) is 52.8 Å². The number of thiophene rings is 1. The number of benzene rings is 1. The Morgan fingerprint density at radius 1 is 1.19 bits per heavy atom. The van der Waals surface area contributed by atoms with Crippen LogP contribution in [-0.2, 0) is 11.2 Å². The van der Waals surface area contributed by atoms with Crippen molar-refractivity contribution < 1.29 is 4.79 Å². The lowest BCUT2D eigenvalue weighted by Crippen LogP contribution is -2.40. The standard InChI is InChI=1S/C19H26N4OS.HI/c1-15(16-8-5-4-6-9-16)22-19(21-14-18(24)23(2)3)20-12-11-17-10-7-13-25-17;/h4-10,13,15H,11-12,14H2,1-3H3,(H2,20,21,22);1H. The molecule has 0 aliphatic rings. The number of carbonyl (C=O) groups excluding carboxylic acids is 1. The first-order chi connectivity index (χ1) is 12.1. The van der Waals surface area contributed by atoms with Gasteiger partial charge in [0.1, 0.15) is 6.54 Å². The van der Waals surface area contributed by atoms with E-state index < -0.39 is 0 Å². The highest BCUT2D eigenvalue weighted by Crippen LogP contribution is 2.11. The van der Waals surface area contributed by atoms with Gasteiger partial charge in [-0.25, -0.2) is 4.99 Å². The number of guanidine groups is 1. The molecule has 0 aliphatic heterocycles. The SMILES string of the molecule is CC(NC(=NCC(=O)N(C)C)NCCc1cccs1)c1ccccc1.I. The van der Waals surface area contributed by atoms with Gasteiger partial charge in [-0.1, -0.05) is 36.4 Å². The molecule has 1 unspecified atom stereocenters. The zero-order valence-corrected chi connectivity index (χ0v) is 18.6. The average Bonchev–Trinajstić information content (AvgIpc) is 3.13. The smallest absolute Gasteiger partial charge is 0.243 e. The Morgan fingerprint density at radius 2 is 1.92 bits per heavy atom. The van der Waals surface area contributed by atoms with E-state index in [2.05, 4.69) is 52.2 Å². The van der Waals surface area contributed by atoms with E-state index in [1.54, 1.807) is 30.3 Å². The molecular formula is C19H27IN4OS. The minimum Gasteiger partial charge on any atom is -0.356 e. The Hall–Kier alpha value is -1.61. The fourth-order valence-electron chi connectivity index (χ4n) is 2.23. The van der Waals surface area contributed by atoms with Crippen molar-refractivity contribution in [1.82, 2.24) is 15.5 Å². The molecule has 2 N–H and O–H groups in total. The van der Waals surface area contributed by atoms with Crippen LogP contribution in [0.25, 0.3) is 0 Å². The molecule has 0 fully saturated rings. The molecule has 5 nitrogen and oxygen atoms in total. The van der Waals surface area contributed by atoms with Crippen LogP contribution in [0.4, 0.5) is 0 Å². The summed E-state index contributed by atoms with van der Waals surface area (Å²) in [6, 6.07) is 14.5. The maximum absolute atomic E-state index is 11.8. The van der Waals surface area contributed by atoms with Crippen LogP contribution in [-0.4, -0.2) is 44.0 Å². The Kier molecular flexibility index (Phi) is 10.3. The number of nitrogens with one attached hydrogen (secondary N) is 2. The average molecular weight is 486 g/mol. The van der Waals surface area contributed by atoms with Gasteiger partial charge in [0.2, 0.25) is 5.91 Å². The molecule has 142 valence electrons. The second kappa shape index (κ2) is 11.9. The molecule has 1 amide bonds. The van der Waals surface area contributed by atoms with Crippen LogP contribution >= 0.6 is 35.3 Å². The van der Waals surface area contributed by atoms with E-state index in [1.165, 1.54) is 10.4 Å². The molecule has 0 saturated heterocycles. The van der Waals surface area contributed by atoms with E-state index in [4.69, 9.17) is 0 Å². The van der Waals surface area contributed by atoms with Crippen molar-refractivity contribution in [2.75, 3.05) is 27.2 Å². The normalized spacial score (nSPS) is 12.0. The van der Waals surface area contributed by atoms with Gasteiger partial charge < -0.3 is 15.5 Å². The largest absolute Gasteiger partial charge is 0.356 e. The molecular weight excluding hydrogens is 459 g/mol. The zero-order valence-electron chi connectivity index (χ0n) is 15.4. The molecule has 0 spiro atoms. The summed E-state index contributed by atoms with van der Waals surface area (Å²) in [5.74, 6) is 0.634. The van der Waals surface area contributed by atoms with Gasteiger partial charge in [-0.15, -0.1) is 35.3 Å². The quantitative estimate of drug-likeness (QED) is 0.359. The van der Waals surface area contributed by atoms with Crippen molar-refractivity contribution in [3.63, 3.8) is 0 Å². The summed E-state index contributed by atoms with van der Waals surface area (Å²) in [5.41, 5.74) is 1.18. The summed E-state index contributed by atoms with van der Waals surface area (Å²) < 4.78 is 0. The fraction of sp³-hybridized carbons (Fsp3) is 0.368. The van der Waals surface area contributed by atoms with Crippen LogP contribution in [0, 0.1) is 0 Å². The summed E-state index contributed by atoms with van der Waals surface area (Å²) >= 11 is 1.75. The van der Waals surface area contributed by atoms with Gasteiger partial charge in [0.15, 0.2) is 5.96 Å². The molecule has 2 aromatic rings. The van der Waals surface area contributed by atoms with Gasteiger partial charge in [0.25, 0.3) is 0 Å². The second-order valence-electron chi connectivity index (χ2n) is 5.99. The van der Waals surface area contributed by atoms with E-state index in [9.17, 15) is 4.79 Å². The predicted molar refractivity (Wildman–Crippen MR) is 120 cm³/mol. The Labute approximate surface area is 176 Å². The summed E-state index contributed by atoms with van der Waals surface area (Å²) in [5, 5.41) is 8.79. The summed E-state index contributed by atoms with van der Waals surface area (Å²) in [6.07, 6.45) is 0.930. The Balaban J connectivity index is 0.00000338. The third-order valence-electron chi connectivity index (χ3n) is 3.77. The lowest BCUT2D eigenvalue weighted by atomic mass is 10.1. The van der Waals surface area contributed by atoms with Crippen molar-refractivity contribution in [2.24, 2.45) is 4.99 Å². The maximum Gasteiger partial charge on any atom is 0.243 e. The third-order valence-corrected chi connectivity index (χ3v) is 4.70. The van der Waals surface area contributed by atoms with Crippen LogP contribution in [0.1, 0.15) is 23.4 Å². The molecule has 1 heterocycles. The molecule has 1 aromatic carbocycles.